The van der Waals surface area contributed by atoms with E-state index in [0.717, 1.165) is 17.7 Å². The average Bonchev–Trinajstić information content (AvgIpc) is 2.87. The molecule has 1 aliphatic rings. The number of likely N-dealkylation sites (tertiary alicyclic amines) is 1. The summed E-state index contributed by atoms with van der Waals surface area (Å²) in [5, 5.41) is 2.73. The van der Waals surface area contributed by atoms with Gasteiger partial charge in [-0.05, 0) is 53.9 Å². The van der Waals surface area contributed by atoms with E-state index in [1.807, 2.05) is 30.3 Å². The van der Waals surface area contributed by atoms with E-state index < -0.39 is 23.5 Å². The van der Waals surface area contributed by atoms with Gasteiger partial charge in [-0.15, -0.1) is 0 Å². The Morgan fingerprint density at radius 1 is 0.914 bits per heavy atom. The van der Waals surface area contributed by atoms with Crippen LogP contribution < -0.4 is 5.32 Å². The van der Waals surface area contributed by atoms with E-state index in [2.05, 4.69) is 5.32 Å². The van der Waals surface area contributed by atoms with Crippen LogP contribution in [0.15, 0.2) is 78.9 Å². The molecule has 0 spiro atoms. The Labute approximate surface area is 200 Å². The molecule has 0 radical (unpaired) electrons. The minimum absolute atomic E-state index is 0.0544. The smallest absolute Gasteiger partial charge is 0.352 e. The monoisotopic (exact) mass is 484 g/mol. The van der Waals surface area contributed by atoms with E-state index in [1.54, 1.807) is 4.90 Å². The predicted molar refractivity (Wildman–Crippen MR) is 123 cm³/mol. The lowest BCUT2D eigenvalue weighted by Gasteiger charge is -2.37. The number of rotatable bonds is 5. The minimum atomic E-state index is -4.46. The third-order valence-corrected chi connectivity index (χ3v) is 6.19. The topological polar surface area (TPSA) is 49.4 Å². The highest BCUT2D eigenvalue weighted by Gasteiger charge is 2.35. The number of hydrogen-bond acceptors (Lipinski definition) is 2. The molecule has 3 aromatic rings. The van der Waals surface area contributed by atoms with Gasteiger partial charge in [0, 0.05) is 31.1 Å². The molecule has 0 saturated carbocycles. The van der Waals surface area contributed by atoms with Crippen molar-refractivity contribution in [2.45, 2.75) is 25.1 Å². The summed E-state index contributed by atoms with van der Waals surface area (Å²) >= 11 is 0. The van der Waals surface area contributed by atoms with Gasteiger partial charge in [0.25, 0.3) is 5.91 Å². The first-order valence-corrected chi connectivity index (χ1v) is 11.2. The van der Waals surface area contributed by atoms with Crippen molar-refractivity contribution < 1.29 is 27.2 Å². The Kier molecular flexibility index (Phi) is 7.19. The van der Waals surface area contributed by atoms with Crippen molar-refractivity contribution in [1.29, 1.82) is 0 Å². The van der Waals surface area contributed by atoms with Gasteiger partial charge in [-0.3, -0.25) is 9.59 Å². The van der Waals surface area contributed by atoms with Gasteiger partial charge in [0.2, 0.25) is 5.91 Å². The summed E-state index contributed by atoms with van der Waals surface area (Å²) in [6.45, 7) is 0.507. The Bertz CT molecular complexity index is 1180. The molecule has 2 amide bonds. The zero-order valence-electron chi connectivity index (χ0n) is 18.8. The zero-order valence-corrected chi connectivity index (χ0v) is 18.8. The number of alkyl halides is 3. The Balaban J connectivity index is 1.50. The maximum Gasteiger partial charge on any atom is 0.416 e. The van der Waals surface area contributed by atoms with E-state index in [0.29, 0.717) is 24.1 Å². The number of nitrogens with zero attached hydrogens (tertiary/aromatic N) is 1. The van der Waals surface area contributed by atoms with E-state index in [9.17, 15) is 27.2 Å². The van der Waals surface area contributed by atoms with Crippen LogP contribution in [0.3, 0.4) is 0 Å². The zero-order chi connectivity index (χ0) is 25.0. The van der Waals surface area contributed by atoms with Crippen LogP contribution in [0.5, 0.6) is 0 Å². The number of carbonyl (C=O) groups excluding carboxylic acids is 2. The summed E-state index contributed by atoms with van der Waals surface area (Å²) in [6, 6.07) is 19.6. The maximum atomic E-state index is 13.3. The van der Waals surface area contributed by atoms with Crippen LogP contribution in [0.2, 0.25) is 0 Å². The molecule has 0 aromatic heterocycles. The van der Waals surface area contributed by atoms with E-state index >= 15 is 0 Å². The molecule has 4 rings (SSSR count). The lowest BCUT2D eigenvalue weighted by atomic mass is 9.83. The van der Waals surface area contributed by atoms with Gasteiger partial charge in [-0.2, -0.15) is 13.2 Å². The molecule has 0 aliphatic carbocycles. The van der Waals surface area contributed by atoms with Crippen LogP contribution in [-0.4, -0.2) is 29.8 Å². The maximum absolute atomic E-state index is 13.3. The molecule has 1 aliphatic heterocycles. The third-order valence-electron chi connectivity index (χ3n) is 6.19. The number of nitrogens with one attached hydrogen (secondary N) is 1. The predicted octanol–water partition coefficient (Wildman–Crippen LogP) is 5.41. The van der Waals surface area contributed by atoms with Crippen LogP contribution in [0.4, 0.5) is 17.6 Å². The standard InChI is InChI=1S/C27H24F4N2O2/c28-24-11-9-20(10-12-24)26(35)33-16-21(19-6-2-1-3-7-19)14-22(17-33)25(34)32-15-18-5-4-8-23(13-18)27(29,30)31/h1-13,21-22H,14-17H2,(H,32,34)/t21-,22-/m0/s1. The van der Waals surface area contributed by atoms with Crippen molar-refractivity contribution >= 4 is 11.8 Å². The lowest BCUT2D eigenvalue weighted by Crippen LogP contribution is -2.48. The first-order valence-electron chi connectivity index (χ1n) is 11.2. The van der Waals surface area contributed by atoms with Gasteiger partial charge in [0.1, 0.15) is 5.82 Å². The van der Waals surface area contributed by atoms with Gasteiger partial charge < -0.3 is 10.2 Å². The van der Waals surface area contributed by atoms with Gasteiger partial charge in [-0.25, -0.2) is 4.39 Å². The minimum Gasteiger partial charge on any atom is -0.352 e. The molecule has 0 unspecified atom stereocenters. The van der Waals surface area contributed by atoms with Crippen molar-refractivity contribution in [3.8, 4) is 0 Å². The van der Waals surface area contributed by atoms with Crippen LogP contribution in [0, 0.1) is 11.7 Å². The molecule has 1 heterocycles. The Morgan fingerprint density at radius 2 is 1.63 bits per heavy atom. The van der Waals surface area contributed by atoms with E-state index in [1.165, 1.54) is 36.4 Å². The fourth-order valence-electron chi connectivity index (χ4n) is 4.39. The SMILES string of the molecule is O=C(NCc1cccc(C(F)(F)F)c1)[C@H]1C[C@H](c2ccccc2)CN(C(=O)c2ccc(F)cc2)C1. The molecule has 1 N–H and O–H groups in total. The Morgan fingerprint density at radius 3 is 2.31 bits per heavy atom. The molecule has 3 aromatic carbocycles. The molecular weight excluding hydrogens is 460 g/mol. The van der Waals surface area contributed by atoms with Crippen molar-refractivity contribution in [2.75, 3.05) is 13.1 Å². The van der Waals surface area contributed by atoms with Crippen molar-refractivity contribution in [3.63, 3.8) is 0 Å². The van der Waals surface area contributed by atoms with Gasteiger partial charge in [0.05, 0.1) is 11.5 Å². The molecule has 1 saturated heterocycles. The van der Waals surface area contributed by atoms with Gasteiger partial charge in [0.15, 0.2) is 0 Å². The fraction of sp³-hybridized carbons (Fsp3) is 0.259. The second kappa shape index (κ2) is 10.3. The van der Waals surface area contributed by atoms with Crippen molar-refractivity contribution in [3.05, 3.63) is 107 Å². The molecule has 4 nitrogen and oxygen atoms in total. The first kappa shape index (κ1) is 24.4. The van der Waals surface area contributed by atoms with E-state index in [-0.39, 0.29) is 30.8 Å². The van der Waals surface area contributed by atoms with E-state index in [4.69, 9.17) is 0 Å². The quantitative estimate of drug-likeness (QED) is 0.493. The largest absolute Gasteiger partial charge is 0.416 e. The number of carbonyl (C=O) groups is 2. The summed E-state index contributed by atoms with van der Waals surface area (Å²) in [6.07, 6.45) is -3.97. The fourth-order valence-corrected chi connectivity index (χ4v) is 4.39. The number of piperidine rings is 1. The molecule has 182 valence electrons. The summed E-state index contributed by atoms with van der Waals surface area (Å²) in [7, 11) is 0. The molecule has 0 bridgehead atoms. The van der Waals surface area contributed by atoms with Crippen LogP contribution >= 0.6 is 0 Å². The molecule has 35 heavy (non-hydrogen) atoms. The van der Waals surface area contributed by atoms with Gasteiger partial charge in [-0.1, -0.05) is 42.5 Å². The molecular formula is C27H24F4N2O2. The van der Waals surface area contributed by atoms with Crippen LogP contribution in [-0.2, 0) is 17.5 Å². The highest BCUT2D eigenvalue weighted by molar-refractivity contribution is 5.94. The molecule has 8 heteroatoms. The summed E-state index contributed by atoms with van der Waals surface area (Å²) in [4.78, 5) is 27.8. The second-order valence-corrected chi connectivity index (χ2v) is 8.67. The summed E-state index contributed by atoms with van der Waals surface area (Å²) in [5.41, 5.74) is 0.869. The van der Waals surface area contributed by atoms with Crippen LogP contribution in [0.25, 0.3) is 0 Å². The molecule has 1 fully saturated rings. The number of hydrogen-bond donors (Lipinski definition) is 1. The Hall–Kier alpha value is -3.68. The first-order chi connectivity index (χ1) is 16.7. The number of benzene rings is 3. The van der Waals surface area contributed by atoms with Crippen molar-refractivity contribution in [2.24, 2.45) is 5.92 Å². The summed E-state index contributed by atoms with van der Waals surface area (Å²) in [5.74, 6) is -1.74. The number of halogens is 4. The molecule has 2 atom stereocenters. The van der Waals surface area contributed by atoms with Crippen molar-refractivity contribution in [1.82, 2.24) is 10.2 Å². The highest BCUT2D eigenvalue weighted by Crippen LogP contribution is 2.32. The summed E-state index contributed by atoms with van der Waals surface area (Å²) < 4.78 is 52.3. The second-order valence-electron chi connectivity index (χ2n) is 8.67. The highest BCUT2D eigenvalue weighted by atomic mass is 19.4. The normalized spacial score (nSPS) is 18.2. The number of amides is 2. The third kappa shape index (κ3) is 6.07. The average molecular weight is 484 g/mol. The van der Waals surface area contributed by atoms with Crippen LogP contribution in [0.1, 0.15) is 39.4 Å². The van der Waals surface area contributed by atoms with Gasteiger partial charge >= 0.3 is 6.18 Å². The lowest BCUT2D eigenvalue weighted by molar-refractivity contribution is -0.137.